The molecule has 2 heteroatoms. The van der Waals surface area contributed by atoms with Gasteiger partial charge in [-0.1, -0.05) is 6.92 Å². The van der Waals surface area contributed by atoms with Crippen molar-refractivity contribution in [2.45, 2.75) is 32.3 Å². The molecule has 0 amide bonds. The van der Waals surface area contributed by atoms with Gasteiger partial charge in [0, 0.05) is 6.42 Å². The maximum Gasteiger partial charge on any atom is 0.156 e. The fraction of sp³-hybridized carbons (Fsp3) is 0.667. The standard InChI is InChI=1S/C9H12O2/c1-9-3-2-8(11)7(9)4-6(10)5-9/h4,8,11H,2-3,5H2,1H3/t8-,9+/m0/s1. The smallest absolute Gasteiger partial charge is 0.156 e. The Morgan fingerprint density at radius 2 is 2.45 bits per heavy atom. The quantitative estimate of drug-likeness (QED) is 0.563. The van der Waals surface area contributed by atoms with Crippen LogP contribution in [-0.4, -0.2) is 17.0 Å². The first-order chi connectivity index (χ1) is 5.12. The highest BCUT2D eigenvalue weighted by molar-refractivity contribution is 5.94. The van der Waals surface area contributed by atoms with Crippen LogP contribution in [0.15, 0.2) is 11.6 Å². The zero-order chi connectivity index (χ0) is 8.06. The average molecular weight is 152 g/mol. The highest BCUT2D eigenvalue weighted by atomic mass is 16.3. The molecule has 0 aromatic heterocycles. The van der Waals surface area contributed by atoms with Crippen molar-refractivity contribution in [1.82, 2.24) is 0 Å². The van der Waals surface area contributed by atoms with Crippen LogP contribution in [0, 0.1) is 5.41 Å². The van der Waals surface area contributed by atoms with Crippen molar-refractivity contribution >= 4 is 5.78 Å². The van der Waals surface area contributed by atoms with E-state index >= 15 is 0 Å². The largest absolute Gasteiger partial charge is 0.389 e. The lowest BCUT2D eigenvalue weighted by atomic mass is 9.85. The van der Waals surface area contributed by atoms with E-state index in [1.54, 1.807) is 6.08 Å². The molecule has 11 heavy (non-hydrogen) atoms. The maximum atomic E-state index is 11.0. The summed E-state index contributed by atoms with van der Waals surface area (Å²) in [5.41, 5.74) is 0.985. The number of hydrogen-bond donors (Lipinski definition) is 1. The van der Waals surface area contributed by atoms with Gasteiger partial charge < -0.3 is 5.11 Å². The molecule has 2 nitrogen and oxygen atoms in total. The Balaban J connectivity index is 2.39. The second kappa shape index (κ2) is 1.95. The highest BCUT2D eigenvalue weighted by Gasteiger charge is 2.44. The van der Waals surface area contributed by atoms with E-state index in [0.717, 1.165) is 18.4 Å². The number of aliphatic hydroxyl groups excluding tert-OH is 1. The van der Waals surface area contributed by atoms with Crippen LogP contribution in [0.2, 0.25) is 0 Å². The first-order valence-corrected chi connectivity index (χ1v) is 4.05. The molecule has 0 radical (unpaired) electrons. The molecule has 2 aliphatic carbocycles. The molecule has 0 spiro atoms. The lowest BCUT2D eigenvalue weighted by Gasteiger charge is -2.18. The van der Waals surface area contributed by atoms with E-state index in [-0.39, 0.29) is 17.3 Å². The van der Waals surface area contributed by atoms with Gasteiger partial charge in [-0.2, -0.15) is 0 Å². The number of ketones is 1. The number of allylic oxidation sites excluding steroid dienone is 1. The van der Waals surface area contributed by atoms with Crippen LogP contribution in [0.3, 0.4) is 0 Å². The van der Waals surface area contributed by atoms with Crippen LogP contribution in [-0.2, 0) is 4.79 Å². The van der Waals surface area contributed by atoms with E-state index in [1.165, 1.54) is 0 Å². The summed E-state index contributed by atoms with van der Waals surface area (Å²) in [4.78, 5) is 11.0. The fourth-order valence-corrected chi connectivity index (χ4v) is 2.23. The second-order valence-electron chi connectivity index (χ2n) is 3.86. The zero-order valence-corrected chi connectivity index (χ0v) is 6.63. The molecule has 1 saturated carbocycles. The van der Waals surface area contributed by atoms with Crippen molar-refractivity contribution in [2.75, 3.05) is 0 Å². The summed E-state index contributed by atoms with van der Waals surface area (Å²) >= 11 is 0. The summed E-state index contributed by atoms with van der Waals surface area (Å²) < 4.78 is 0. The van der Waals surface area contributed by atoms with Gasteiger partial charge in [0.25, 0.3) is 0 Å². The van der Waals surface area contributed by atoms with Gasteiger partial charge >= 0.3 is 0 Å². The molecule has 60 valence electrons. The van der Waals surface area contributed by atoms with Crippen LogP contribution in [0.5, 0.6) is 0 Å². The van der Waals surface area contributed by atoms with Crippen molar-refractivity contribution in [3.63, 3.8) is 0 Å². The molecule has 2 aliphatic rings. The van der Waals surface area contributed by atoms with Gasteiger partial charge in [-0.15, -0.1) is 0 Å². The van der Waals surface area contributed by atoms with E-state index in [2.05, 4.69) is 6.92 Å². The van der Waals surface area contributed by atoms with Gasteiger partial charge in [-0.05, 0) is 29.9 Å². The normalized spacial score (nSPS) is 42.5. The van der Waals surface area contributed by atoms with E-state index in [1.807, 2.05) is 0 Å². The third kappa shape index (κ3) is 0.857. The predicted molar refractivity (Wildman–Crippen MR) is 41.1 cm³/mol. The Labute approximate surface area is 65.9 Å². The van der Waals surface area contributed by atoms with Gasteiger partial charge in [0.05, 0.1) is 6.10 Å². The molecule has 0 aromatic rings. The molecule has 1 N–H and O–H groups in total. The summed E-state index contributed by atoms with van der Waals surface area (Å²) in [5.74, 6) is 0.182. The van der Waals surface area contributed by atoms with E-state index < -0.39 is 0 Å². The summed E-state index contributed by atoms with van der Waals surface area (Å²) in [5, 5.41) is 9.46. The molecule has 0 unspecified atom stereocenters. The Morgan fingerprint density at radius 3 is 3.09 bits per heavy atom. The number of fused-ring (bicyclic) bond motifs is 1. The summed E-state index contributed by atoms with van der Waals surface area (Å²) in [6.07, 6.45) is 3.70. The van der Waals surface area contributed by atoms with E-state index in [4.69, 9.17) is 0 Å². The molecule has 0 bridgehead atoms. The number of carbonyl (C=O) groups excluding carboxylic acids is 1. The molecule has 0 aliphatic heterocycles. The molecule has 2 atom stereocenters. The fourth-order valence-electron chi connectivity index (χ4n) is 2.23. The first kappa shape index (κ1) is 7.04. The Kier molecular flexibility index (Phi) is 1.25. The minimum atomic E-state index is -0.341. The Morgan fingerprint density at radius 1 is 1.73 bits per heavy atom. The number of aliphatic hydroxyl groups is 1. The molecule has 0 aromatic carbocycles. The van der Waals surface area contributed by atoms with Gasteiger partial charge in [0.1, 0.15) is 0 Å². The summed E-state index contributed by atoms with van der Waals surface area (Å²) in [7, 11) is 0. The Bertz CT molecular complexity index is 242. The monoisotopic (exact) mass is 152 g/mol. The summed E-state index contributed by atoms with van der Waals surface area (Å²) in [6.45, 7) is 2.07. The highest BCUT2D eigenvalue weighted by Crippen LogP contribution is 2.48. The second-order valence-corrected chi connectivity index (χ2v) is 3.86. The molecular weight excluding hydrogens is 140 g/mol. The lowest BCUT2D eigenvalue weighted by Crippen LogP contribution is -2.13. The number of carbonyl (C=O) groups is 1. The van der Waals surface area contributed by atoms with Crippen LogP contribution in [0.25, 0.3) is 0 Å². The minimum Gasteiger partial charge on any atom is -0.389 e. The predicted octanol–water partition coefficient (Wildman–Crippen LogP) is 1.05. The van der Waals surface area contributed by atoms with Crippen molar-refractivity contribution in [3.05, 3.63) is 11.6 Å². The van der Waals surface area contributed by atoms with Crippen molar-refractivity contribution in [3.8, 4) is 0 Å². The topological polar surface area (TPSA) is 37.3 Å². The molecule has 0 heterocycles. The summed E-state index contributed by atoms with van der Waals surface area (Å²) in [6, 6.07) is 0. The van der Waals surface area contributed by atoms with E-state index in [0.29, 0.717) is 6.42 Å². The maximum absolute atomic E-state index is 11.0. The van der Waals surface area contributed by atoms with Crippen molar-refractivity contribution in [1.29, 1.82) is 0 Å². The van der Waals surface area contributed by atoms with Crippen LogP contribution < -0.4 is 0 Å². The SMILES string of the molecule is C[C@]12CC[C@H](O)C1=CC(=O)C2. The molecular formula is C9H12O2. The third-order valence-corrected chi connectivity index (χ3v) is 2.91. The lowest BCUT2D eigenvalue weighted by molar-refractivity contribution is -0.115. The molecule has 0 saturated heterocycles. The van der Waals surface area contributed by atoms with Gasteiger partial charge in [0.15, 0.2) is 5.78 Å². The Hall–Kier alpha value is -0.630. The van der Waals surface area contributed by atoms with Gasteiger partial charge in [-0.25, -0.2) is 0 Å². The van der Waals surface area contributed by atoms with Crippen molar-refractivity contribution in [2.24, 2.45) is 5.41 Å². The van der Waals surface area contributed by atoms with E-state index in [9.17, 15) is 9.90 Å². The van der Waals surface area contributed by atoms with Crippen LogP contribution >= 0.6 is 0 Å². The number of hydrogen-bond acceptors (Lipinski definition) is 2. The van der Waals surface area contributed by atoms with Crippen molar-refractivity contribution < 1.29 is 9.90 Å². The third-order valence-electron chi connectivity index (χ3n) is 2.91. The minimum absolute atomic E-state index is 0.0104. The molecule has 1 fully saturated rings. The molecule has 2 rings (SSSR count). The average Bonchev–Trinajstić information content (AvgIpc) is 2.32. The van der Waals surface area contributed by atoms with Crippen LogP contribution in [0.4, 0.5) is 0 Å². The van der Waals surface area contributed by atoms with Gasteiger partial charge in [0.2, 0.25) is 0 Å². The number of rotatable bonds is 0. The van der Waals surface area contributed by atoms with Crippen LogP contribution in [0.1, 0.15) is 26.2 Å². The zero-order valence-electron chi connectivity index (χ0n) is 6.63. The van der Waals surface area contributed by atoms with Gasteiger partial charge in [-0.3, -0.25) is 4.79 Å². The first-order valence-electron chi connectivity index (χ1n) is 4.05.